The van der Waals surface area contributed by atoms with Gasteiger partial charge in [-0.15, -0.1) is 0 Å². The monoisotopic (exact) mass is 236 g/mol. The Labute approximate surface area is 105 Å². The van der Waals surface area contributed by atoms with Gasteiger partial charge in [-0.25, -0.2) is 0 Å². The van der Waals surface area contributed by atoms with E-state index in [0.29, 0.717) is 0 Å². The maximum absolute atomic E-state index is 10.00. The second-order valence-corrected chi connectivity index (χ2v) is 4.71. The number of anilines is 1. The maximum atomic E-state index is 10.00. The molecule has 1 aromatic rings. The number of aliphatic hydroxyl groups is 1. The Morgan fingerprint density at radius 2 is 1.76 bits per heavy atom. The van der Waals surface area contributed by atoms with Crippen molar-refractivity contribution in [1.82, 2.24) is 4.90 Å². The third kappa shape index (κ3) is 4.02. The van der Waals surface area contributed by atoms with Crippen LogP contribution in [0.5, 0.6) is 0 Å². The number of hydrogen-bond donors (Lipinski definition) is 1. The van der Waals surface area contributed by atoms with Crippen molar-refractivity contribution < 1.29 is 5.11 Å². The molecule has 0 aromatic heterocycles. The number of benzene rings is 1. The van der Waals surface area contributed by atoms with Crippen LogP contribution in [0.1, 0.15) is 25.0 Å². The summed E-state index contributed by atoms with van der Waals surface area (Å²) in [6, 6.07) is 8.09. The average Bonchev–Trinajstić information content (AvgIpc) is 2.34. The molecule has 3 heteroatoms. The predicted octanol–water partition coefficient (Wildman–Crippen LogP) is 2.13. The number of likely N-dealkylation sites (N-methyl/N-ethyl adjacent to an activating group) is 2. The topological polar surface area (TPSA) is 26.7 Å². The molecule has 0 aliphatic heterocycles. The minimum atomic E-state index is -0.368. The Balaban J connectivity index is 2.81. The van der Waals surface area contributed by atoms with Crippen molar-refractivity contribution in [2.75, 3.05) is 39.1 Å². The zero-order valence-corrected chi connectivity index (χ0v) is 11.3. The fourth-order valence-electron chi connectivity index (χ4n) is 1.81. The largest absolute Gasteiger partial charge is 0.388 e. The molecule has 0 unspecified atom stereocenters. The number of rotatable bonds is 6. The van der Waals surface area contributed by atoms with E-state index >= 15 is 0 Å². The molecular formula is C14H24N2O. The minimum absolute atomic E-state index is 0.368. The third-order valence-electron chi connectivity index (χ3n) is 2.98. The lowest BCUT2D eigenvalue weighted by atomic mass is 10.0. The predicted molar refractivity (Wildman–Crippen MR) is 73.5 cm³/mol. The van der Waals surface area contributed by atoms with Crippen LogP contribution >= 0.6 is 0 Å². The lowest BCUT2D eigenvalue weighted by molar-refractivity contribution is 0.174. The maximum Gasteiger partial charge on any atom is 0.0807 e. The molecule has 0 amide bonds. The van der Waals surface area contributed by atoms with Gasteiger partial charge >= 0.3 is 0 Å². The van der Waals surface area contributed by atoms with Crippen LogP contribution in [-0.2, 0) is 0 Å². The van der Waals surface area contributed by atoms with Gasteiger partial charge in [-0.1, -0.05) is 25.1 Å². The Morgan fingerprint density at radius 3 is 2.35 bits per heavy atom. The van der Waals surface area contributed by atoms with E-state index in [2.05, 4.69) is 37.0 Å². The highest BCUT2D eigenvalue weighted by molar-refractivity contribution is 5.54. The van der Waals surface area contributed by atoms with E-state index in [1.54, 1.807) is 0 Å². The van der Waals surface area contributed by atoms with Crippen molar-refractivity contribution in [1.29, 1.82) is 0 Å². The first-order valence-corrected chi connectivity index (χ1v) is 6.19. The lowest BCUT2D eigenvalue weighted by Crippen LogP contribution is -2.29. The second-order valence-electron chi connectivity index (χ2n) is 4.71. The molecule has 0 saturated heterocycles. The van der Waals surface area contributed by atoms with Crippen molar-refractivity contribution in [2.24, 2.45) is 0 Å². The molecule has 0 aliphatic carbocycles. The highest BCUT2D eigenvalue weighted by Crippen LogP contribution is 2.27. The summed E-state index contributed by atoms with van der Waals surface area (Å²) in [7, 11) is 6.21. The van der Waals surface area contributed by atoms with E-state index in [9.17, 15) is 5.11 Å². The first-order valence-electron chi connectivity index (χ1n) is 6.19. The molecule has 17 heavy (non-hydrogen) atoms. The van der Waals surface area contributed by atoms with E-state index < -0.39 is 0 Å². The molecule has 1 atom stereocenters. The zero-order chi connectivity index (χ0) is 12.8. The summed E-state index contributed by atoms with van der Waals surface area (Å²) in [6.45, 7) is 3.97. The highest BCUT2D eigenvalue weighted by atomic mass is 16.3. The Bertz CT molecular complexity index is 339. The van der Waals surface area contributed by atoms with Crippen LogP contribution in [0.15, 0.2) is 24.3 Å². The summed E-state index contributed by atoms with van der Waals surface area (Å²) < 4.78 is 0. The first-order chi connectivity index (χ1) is 8.06. The van der Waals surface area contributed by atoms with Crippen molar-refractivity contribution in [2.45, 2.75) is 19.4 Å². The molecule has 0 radical (unpaired) electrons. The van der Waals surface area contributed by atoms with Crippen LogP contribution in [0.3, 0.4) is 0 Å². The number of nitrogens with zero attached hydrogens (tertiary/aromatic N) is 2. The summed E-state index contributed by atoms with van der Waals surface area (Å²) in [5.74, 6) is 0. The SMILES string of the molecule is CC[C@@H](O)c1ccccc1N(C)CCN(C)C. The standard InChI is InChI=1S/C14H24N2O/c1-5-14(17)12-8-6-7-9-13(12)16(4)11-10-15(2)3/h6-9,14,17H,5,10-11H2,1-4H3/t14-/m1/s1. The molecule has 0 spiro atoms. The van der Waals surface area contributed by atoms with Gasteiger partial charge in [0.1, 0.15) is 0 Å². The Kier molecular flexibility index (Phi) is 5.45. The van der Waals surface area contributed by atoms with Gasteiger partial charge in [0.15, 0.2) is 0 Å². The molecule has 3 nitrogen and oxygen atoms in total. The molecule has 0 saturated carbocycles. The number of hydrogen-bond acceptors (Lipinski definition) is 3. The fourth-order valence-corrected chi connectivity index (χ4v) is 1.81. The van der Waals surface area contributed by atoms with Crippen LogP contribution in [0.2, 0.25) is 0 Å². The Hall–Kier alpha value is -1.06. The summed E-state index contributed by atoms with van der Waals surface area (Å²) in [4.78, 5) is 4.36. The van der Waals surface area contributed by atoms with Crippen molar-refractivity contribution in [3.8, 4) is 0 Å². The van der Waals surface area contributed by atoms with Gasteiger partial charge in [-0.2, -0.15) is 0 Å². The molecule has 1 aromatic carbocycles. The third-order valence-corrected chi connectivity index (χ3v) is 2.98. The van der Waals surface area contributed by atoms with E-state index in [1.807, 2.05) is 25.1 Å². The second kappa shape index (κ2) is 6.62. The van der Waals surface area contributed by atoms with E-state index in [-0.39, 0.29) is 6.10 Å². The molecule has 0 bridgehead atoms. The van der Waals surface area contributed by atoms with Crippen LogP contribution in [0.4, 0.5) is 5.69 Å². The van der Waals surface area contributed by atoms with Crippen LogP contribution in [-0.4, -0.2) is 44.2 Å². The normalized spacial score (nSPS) is 12.8. The first kappa shape index (κ1) is 14.0. The van der Waals surface area contributed by atoms with Gasteiger partial charge in [0, 0.05) is 31.4 Å². The molecule has 1 rings (SSSR count). The number of para-hydroxylation sites is 1. The number of aliphatic hydroxyl groups excluding tert-OH is 1. The molecule has 96 valence electrons. The summed E-state index contributed by atoms with van der Waals surface area (Å²) in [5.41, 5.74) is 2.15. The molecule has 0 aliphatic rings. The molecule has 1 N–H and O–H groups in total. The van der Waals surface area contributed by atoms with Gasteiger partial charge in [0.2, 0.25) is 0 Å². The fraction of sp³-hybridized carbons (Fsp3) is 0.571. The van der Waals surface area contributed by atoms with E-state index in [0.717, 1.165) is 30.8 Å². The smallest absolute Gasteiger partial charge is 0.0807 e. The quantitative estimate of drug-likeness (QED) is 0.819. The minimum Gasteiger partial charge on any atom is -0.388 e. The van der Waals surface area contributed by atoms with Gasteiger partial charge < -0.3 is 14.9 Å². The summed E-state index contributed by atoms with van der Waals surface area (Å²) in [6.07, 6.45) is 0.381. The van der Waals surface area contributed by atoms with Gasteiger partial charge in [-0.3, -0.25) is 0 Å². The zero-order valence-electron chi connectivity index (χ0n) is 11.3. The van der Waals surface area contributed by atoms with E-state index in [1.165, 1.54) is 0 Å². The lowest BCUT2D eigenvalue weighted by Gasteiger charge is -2.25. The highest BCUT2D eigenvalue weighted by Gasteiger charge is 2.12. The molecular weight excluding hydrogens is 212 g/mol. The van der Waals surface area contributed by atoms with Crippen molar-refractivity contribution in [3.63, 3.8) is 0 Å². The van der Waals surface area contributed by atoms with Crippen LogP contribution in [0.25, 0.3) is 0 Å². The molecule has 0 fully saturated rings. The van der Waals surface area contributed by atoms with E-state index in [4.69, 9.17) is 0 Å². The van der Waals surface area contributed by atoms with Gasteiger partial charge in [0.25, 0.3) is 0 Å². The Morgan fingerprint density at radius 1 is 1.12 bits per heavy atom. The van der Waals surface area contributed by atoms with Crippen molar-refractivity contribution in [3.05, 3.63) is 29.8 Å². The van der Waals surface area contributed by atoms with Gasteiger partial charge in [-0.05, 0) is 26.6 Å². The van der Waals surface area contributed by atoms with Gasteiger partial charge in [0.05, 0.1) is 6.10 Å². The van der Waals surface area contributed by atoms with Crippen LogP contribution in [0, 0.1) is 0 Å². The summed E-state index contributed by atoms with van der Waals surface area (Å²) >= 11 is 0. The van der Waals surface area contributed by atoms with Crippen LogP contribution < -0.4 is 4.90 Å². The summed E-state index contributed by atoms with van der Waals surface area (Å²) in [5, 5.41) is 10.00. The van der Waals surface area contributed by atoms with Crippen molar-refractivity contribution >= 4 is 5.69 Å². The molecule has 0 heterocycles. The average molecular weight is 236 g/mol.